The Bertz CT molecular complexity index is 221. The first-order valence-electron chi connectivity index (χ1n) is 6.53. The number of nitroso groups, excluding NO2 is 1. The van der Waals surface area contributed by atoms with Crippen molar-refractivity contribution in [3.8, 4) is 0 Å². The molecule has 1 aliphatic rings. The Labute approximate surface area is 108 Å². The second-order valence-corrected chi connectivity index (χ2v) is 6.28. The molecule has 0 aromatic rings. The summed E-state index contributed by atoms with van der Waals surface area (Å²) in [6.07, 6.45) is 7.80. The van der Waals surface area contributed by atoms with Crippen molar-refractivity contribution in [2.24, 2.45) is 4.58 Å². The van der Waals surface area contributed by atoms with Gasteiger partial charge in [0.2, 0.25) is 0 Å². The van der Waals surface area contributed by atoms with Gasteiger partial charge in [-0.15, -0.1) is 4.91 Å². The molecule has 1 N–H and O–H groups in total. The van der Waals surface area contributed by atoms with Crippen LogP contribution < -0.4 is 0 Å². The normalized spacial score (nSPS) is 19.5. The second-order valence-electron chi connectivity index (χ2n) is 5.08. The molecular formula is C12H24N2O2S. The quantitative estimate of drug-likeness (QED) is 0.414. The van der Waals surface area contributed by atoms with Crippen LogP contribution in [-0.4, -0.2) is 41.5 Å². The molecule has 17 heavy (non-hydrogen) atoms. The maximum absolute atomic E-state index is 10.6. The third-order valence-corrected chi connectivity index (χ3v) is 4.50. The van der Waals surface area contributed by atoms with Crippen molar-refractivity contribution in [1.29, 1.82) is 0 Å². The lowest BCUT2D eigenvalue weighted by molar-refractivity contribution is 0.236. The standard InChI is InChI=1S/C12H24N2O2S/c1-14(9-5-6-10-15)11-12(17-13-16)7-3-2-4-8-12/h15H,2-11H2,1H3. The molecule has 1 aliphatic carbocycles. The van der Waals surface area contributed by atoms with Gasteiger partial charge in [-0.3, -0.25) is 0 Å². The Morgan fingerprint density at radius 1 is 1.29 bits per heavy atom. The minimum Gasteiger partial charge on any atom is -0.396 e. The number of unbranched alkanes of at least 4 members (excludes halogenated alkanes) is 1. The summed E-state index contributed by atoms with van der Waals surface area (Å²) in [5, 5.41) is 8.76. The summed E-state index contributed by atoms with van der Waals surface area (Å²) in [7, 11) is 2.10. The molecule has 0 aromatic carbocycles. The van der Waals surface area contributed by atoms with E-state index in [9.17, 15) is 4.91 Å². The summed E-state index contributed by atoms with van der Waals surface area (Å²) in [5.41, 5.74) is 0. The maximum Gasteiger partial charge on any atom is 0.0539 e. The molecular weight excluding hydrogens is 236 g/mol. The Kier molecular flexibility index (Phi) is 7.08. The van der Waals surface area contributed by atoms with E-state index in [2.05, 4.69) is 16.5 Å². The SMILES string of the molecule is CN(CCCCO)CC1(SN=O)CCCCC1. The molecule has 0 heterocycles. The molecule has 0 spiro atoms. The van der Waals surface area contributed by atoms with Crippen molar-refractivity contribution in [2.45, 2.75) is 49.7 Å². The molecule has 0 aliphatic heterocycles. The lowest BCUT2D eigenvalue weighted by atomic mass is 9.88. The Morgan fingerprint density at radius 3 is 2.59 bits per heavy atom. The lowest BCUT2D eigenvalue weighted by Crippen LogP contribution is -2.40. The summed E-state index contributed by atoms with van der Waals surface area (Å²) >= 11 is 1.25. The average Bonchev–Trinajstić information content (AvgIpc) is 2.30. The van der Waals surface area contributed by atoms with E-state index in [-0.39, 0.29) is 11.4 Å². The molecule has 0 aromatic heterocycles. The maximum atomic E-state index is 10.6. The fourth-order valence-corrected chi connectivity index (χ4v) is 3.53. The topological polar surface area (TPSA) is 52.9 Å². The van der Waals surface area contributed by atoms with Crippen molar-refractivity contribution < 1.29 is 5.11 Å². The summed E-state index contributed by atoms with van der Waals surface area (Å²) in [4.78, 5) is 12.9. The Balaban J connectivity index is 2.39. The highest BCUT2D eigenvalue weighted by Gasteiger charge is 2.34. The third-order valence-electron chi connectivity index (χ3n) is 3.50. The number of hydrogen-bond acceptors (Lipinski definition) is 5. The van der Waals surface area contributed by atoms with E-state index in [1.54, 1.807) is 0 Å². The first kappa shape index (κ1) is 14.9. The second kappa shape index (κ2) is 8.06. The predicted octanol–water partition coefficient (Wildman–Crippen LogP) is 2.81. The highest BCUT2D eigenvalue weighted by atomic mass is 32.2. The zero-order valence-electron chi connectivity index (χ0n) is 10.7. The third kappa shape index (κ3) is 5.36. The largest absolute Gasteiger partial charge is 0.396 e. The van der Waals surface area contributed by atoms with Crippen LogP contribution in [0.2, 0.25) is 0 Å². The minimum atomic E-state index is 0.0496. The van der Waals surface area contributed by atoms with Gasteiger partial charge >= 0.3 is 0 Å². The number of nitrogens with zero attached hydrogens (tertiary/aromatic N) is 2. The van der Waals surface area contributed by atoms with E-state index in [1.165, 1.54) is 31.2 Å². The van der Waals surface area contributed by atoms with Gasteiger partial charge in [0.25, 0.3) is 0 Å². The highest BCUT2D eigenvalue weighted by molar-refractivity contribution is 7.99. The number of rotatable bonds is 8. The molecule has 4 nitrogen and oxygen atoms in total. The average molecular weight is 260 g/mol. The molecule has 1 fully saturated rings. The predicted molar refractivity (Wildman–Crippen MR) is 73.0 cm³/mol. The number of aliphatic hydroxyl groups excluding tert-OH is 1. The first-order chi connectivity index (χ1) is 8.22. The summed E-state index contributed by atoms with van der Waals surface area (Å²) in [5.74, 6) is 0. The van der Waals surface area contributed by atoms with Crippen LogP contribution in [0.1, 0.15) is 44.9 Å². The lowest BCUT2D eigenvalue weighted by Gasteiger charge is -2.37. The van der Waals surface area contributed by atoms with E-state index in [0.717, 1.165) is 38.8 Å². The van der Waals surface area contributed by atoms with Gasteiger partial charge in [0.05, 0.1) is 4.75 Å². The summed E-state index contributed by atoms with van der Waals surface area (Å²) in [6, 6.07) is 0. The molecule has 0 atom stereocenters. The van der Waals surface area contributed by atoms with Crippen LogP contribution in [0.25, 0.3) is 0 Å². The highest BCUT2D eigenvalue weighted by Crippen LogP contribution is 2.40. The van der Waals surface area contributed by atoms with Crippen LogP contribution in [0.3, 0.4) is 0 Å². The molecule has 1 rings (SSSR count). The number of hydrogen-bond donors (Lipinski definition) is 1. The molecule has 0 radical (unpaired) electrons. The minimum absolute atomic E-state index is 0.0496. The van der Waals surface area contributed by atoms with Gasteiger partial charge in [-0.05, 0) is 39.3 Å². The van der Waals surface area contributed by atoms with E-state index >= 15 is 0 Å². The molecule has 0 amide bonds. The summed E-state index contributed by atoms with van der Waals surface area (Å²) in [6.45, 7) is 2.19. The van der Waals surface area contributed by atoms with E-state index in [4.69, 9.17) is 5.11 Å². The number of aliphatic hydroxyl groups is 1. The fraction of sp³-hybridized carbons (Fsp3) is 1.00. The van der Waals surface area contributed by atoms with Crippen LogP contribution in [0.4, 0.5) is 0 Å². The van der Waals surface area contributed by atoms with Gasteiger partial charge in [0.15, 0.2) is 0 Å². The first-order valence-corrected chi connectivity index (χ1v) is 7.30. The molecule has 0 bridgehead atoms. The van der Waals surface area contributed by atoms with Gasteiger partial charge < -0.3 is 10.0 Å². The molecule has 100 valence electrons. The van der Waals surface area contributed by atoms with Gasteiger partial charge in [-0.2, -0.15) is 0 Å². The Hall–Kier alpha value is -0.130. The van der Waals surface area contributed by atoms with E-state index in [0.29, 0.717) is 0 Å². The van der Waals surface area contributed by atoms with E-state index < -0.39 is 0 Å². The van der Waals surface area contributed by atoms with Crippen molar-refractivity contribution in [2.75, 3.05) is 26.7 Å². The van der Waals surface area contributed by atoms with Gasteiger partial charge in [0, 0.05) is 29.7 Å². The van der Waals surface area contributed by atoms with Crippen LogP contribution >= 0.6 is 11.9 Å². The molecule has 0 unspecified atom stereocenters. The van der Waals surface area contributed by atoms with Crippen LogP contribution in [0.15, 0.2) is 4.58 Å². The van der Waals surface area contributed by atoms with Crippen molar-refractivity contribution in [3.05, 3.63) is 4.91 Å². The fourth-order valence-electron chi connectivity index (χ4n) is 2.62. The van der Waals surface area contributed by atoms with Crippen LogP contribution in [0.5, 0.6) is 0 Å². The zero-order chi connectivity index (χ0) is 12.6. The van der Waals surface area contributed by atoms with Gasteiger partial charge in [-0.25, -0.2) is 0 Å². The summed E-state index contributed by atoms with van der Waals surface area (Å²) < 4.78 is 3.13. The van der Waals surface area contributed by atoms with Crippen molar-refractivity contribution in [1.82, 2.24) is 4.90 Å². The van der Waals surface area contributed by atoms with Crippen LogP contribution in [0, 0.1) is 4.91 Å². The monoisotopic (exact) mass is 260 g/mol. The smallest absolute Gasteiger partial charge is 0.0539 e. The molecule has 5 heteroatoms. The van der Waals surface area contributed by atoms with Crippen LogP contribution in [-0.2, 0) is 0 Å². The van der Waals surface area contributed by atoms with Crippen molar-refractivity contribution >= 4 is 11.9 Å². The van der Waals surface area contributed by atoms with Gasteiger partial charge in [-0.1, -0.05) is 19.3 Å². The molecule has 0 saturated heterocycles. The van der Waals surface area contributed by atoms with Crippen molar-refractivity contribution in [3.63, 3.8) is 0 Å². The molecule has 1 saturated carbocycles. The Morgan fingerprint density at radius 2 is 2.00 bits per heavy atom. The zero-order valence-corrected chi connectivity index (χ0v) is 11.5. The van der Waals surface area contributed by atoms with Gasteiger partial charge in [0.1, 0.15) is 0 Å². The van der Waals surface area contributed by atoms with E-state index in [1.807, 2.05) is 0 Å².